The molecule has 0 bridgehead atoms. The van der Waals surface area contributed by atoms with E-state index in [2.05, 4.69) is 5.32 Å². The number of carbonyl (C=O) groups is 1. The predicted octanol–water partition coefficient (Wildman–Crippen LogP) is 2.66. The van der Waals surface area contributed by atoms with E-state index in [-0.39, 0.29) is 16.4 Å². The topological polar surface area (TPSA) is 64.3 Å². The summed E-state index contributed by atoms with van der Waals surface area (Å²) >= 11 is 11.0. The van der Waals surface area contributed by atoms with Gasteiger partial charge in [-0.3, -0.25) is 4.79 Å². The molecule has 0 saturated heterocycles. The number of carbonyl (C=O) groups excluding carboxylic acids is 1. The number of benzene rings is 1. The van der Waals surface area contributed by atoms with Crippen LogP contribution in [0.1, 0.15) is 33.3 Å². The van der Waals surface area contributed by atoms with E-state index in [1.54, 1.807) is 25.1 Å². The van der Waals surface area contributed by atoms with E-state index >= 15 is 0 Å². The highest BCUT2D eigenvalue weighted by Crippen LogP contribution is 2.27. The highest BCUT2D eigenvalue weighted by molar-refractivity contribution is 7.80. The second-order valence-corrected chi connectivity index (χ2v) is 6.32. The van der Waals surface area contributed by atoms with Crippen molar-refractivity contribution in [3.8, 4) is 5.75 Å². The van der Waals surface area contributed by atoms with Gasteiger partial charge in [-0.2, -0.15) is 0 Å². The van der Waals surface area contributed by atoms with E-state index < -0.39 is 6.10 Å². The molecule has 0 radical (unpaired) electrons. The van der Waals surface area contributed by atoms with Crippen molar-refractivity contribution in [2.24, 2.45) is 5.73 Å². The number of thiocarbonyl (C=S) groups is 1. The van der Waals surface area contributed by atoms with Gasteiger partial charge in [0, 0.05) is 5.54 Å². The summed E-state index contributed by atoms with van der Waals surface area (Å²) in [7, 11) is 0. The molecule has 0 spiro atoms. The maximum absolute atomic E-state index is 12.0. The van der Waals surface area contributed by atoms with Gasteiger partial charge in [0.05, 0.1) is 10.6 Å². The zero-order chi connectivity index (χ0) is 15.5. The van der Waals surface area contributed by atoms with E-state index in [1.807, 2.05) is 20.8 Å². The molecule has 0 heterocycles. The molecule has 0 saturated carbocycles. The van der Waals surface area contributed by atoms with Crippen LogP contribution in [0.15, 0.2) is 18.2 Å². The minimum Gasteiger partial charge on any atom is -0.480 e. The van der Waals surface area contributed by atoms with Gasteiger partial charge in [-0.25, -0.2) is 0 Å². The molecule has 0 aliphatic heterocycles. The minimum atomic E-state index is -0.680. The summed E-state index contributed by atoms with van der Waals surface area (Å²) in [5, 5.41) is 3.24. The fraction of sp³-hybridized carbons (Fsp3) is 0.429. The Hall–Kier alpha value is -1.33. The lowest BCUT2D eigenvalue weighted by atomic mass is 10.1. The molecule has 1 rings (SSSR count). The van der Waals surface area contributed by atoms with Crippen molar-refractivity contribution in [2.75, 3.05) is 0 Å². The monoisotopic (exact) mass is 314 g/mol. The Kier molecular flexibility index (Phi) is 5.36. The van der Waals surface area contributed by atoms with Gasteiger partial charge in [-0.15, -0.1) is 0 Å². The number of nitrogens with two attached hydrogens (primary N) is 1. The molecular formula is C14H19ClN2O2S. The average molecular weight is 315 g/mol. The van der Waals surface area contributed by atoms with Crippen molar-refractivity contribution in [1.29, 1.82) is 0 Å². The molecule has 0 aliphatic rings. The van der Waals surface area contributed by atoms with Crippen molar-refractivity contribution in [3.63, 3.8) is 0 Å². The Balaban J connectivity index is 2.91. The molecule has 1 aromatic rings. The SMILES string of the molecule is CC(Oc1cccc(Cl)c1C(N)=S)C(=O)NC(C)(C)C. The standard InChI is InChI=1S/C14H19ClN2O2S/c1-8(13(18)17-14(2,3)4)19-10-7-5-6-9(15)11(10)12(16)20/h5-8H,1-4H3,(H2,16,20)(H,17,18). The molecule has 20 heavy (non-hydrogen) atoms. The summed E-state index contributed by atoms with van der Waals surface area (Å²) in [6.07, 6.45) is -0.680. The number of hydrogen-bond acceptors (Lipinski definition) is 3. The smallest absolute Gasteiger partial charge is 0.261 e. The Morgan fingerprint density at radius 2 is 2.05 bits per heavy atom. The van der Waals surface area contributed by atoms with Crippen LogP contribution >= 0.6 is 23.8 Å². The molecule has 6 heteroatoms. The second-order valence-electron chi connectivity index (χ2n) is 5.48. The van der Waals surface area contributed by atoms with Gasteiger partial charge in [-0.05, 0) is 39.8 Å². The lowest BCUT2D eigenvalue weighted by molar-refractivity contribution is -0.128. The van der Waals surface area contributed by atoms with Crippen LogP contribution in [0, 0.1) is 0 Å². The molecular weight excluding hydrogens is 296 g/mol. The zero-order valence-corrected chi connectivity index (χ0v) is 13.6. The van der Waals surface area contributed by atoms with Crippen molar-refractivity contribution in [1.82, 2.24) is 5.32 Å². The molecule has 0 aliphatic carbocycles. The lowest BCUT2D eigenvalue weighted by Gasteiger charge is -2.24. The Morgan fingerprint density at radius 3 is 2.55 bits per heavy atom. The summed E-state index contributed by atoms with van der Waals surface area (Å²) < 4.78 is 5.63. The van der Waals surface area contributed by atoms with Crippen LogP contribution in [0.4, 0.5) is 0 Å². The Bertz CT molecular complexity index is 526. The summed E-state index contributed by atoms with van der Waals surface area (Å²) in [4.78, 5) is 12.1. The number of rotatable bonds is 4. The van der Waals surface area contributed by atoms with E-state index in [4.69, 9.17) is 34.3 Å². The fourth-order valence-electron chi connectivity index (χ4n) is 1.56. The highest BCUT2D eigenvalue weighted by atomic mass is 35.5. The number of halogens is 1. The summed E-state index contributed by atoms with van der Waals surface area (Å²) in [6, 6.07) is 5.07. The quantitative estimate of drug-likeness (QED) is 0.839. The van der Waals surface area contributed by atoms with Crippen molar-refractivity contribution in [2.45, 2.75) is 39.3 Å². The Labute approximate surface area is 129 Å². The molecule has 1 aromatic carbocycles. The lowest BCUT2D eigenvalue weighted by Crippen LogP contribution is -2.46. The molecule has 1 atom stereocenters. The van der Waals surface area contributed by atoms with E-state index in [1.165, 1.54) is 0 Å². The zero-order valence-electron chi connectivity index (χ0n) is 12.0. The minimum absolute atomic E-state index is 0.133. The summed E-state index contributed by atoms with van der Waals surface area (Å²) in [5.41, 5.74) is 5.76. The van der Waals surface area contributed by atoms with Crippen LogP contribution < -0.4 is 15.8 Å². The van der Waals surface area contributed by atoms with Gasteiger partial charge in [0.15, 0.2) is 6.10 Å². The molecule has 0 fully saturated rings. The van der Waals surface area contributed by atoms with Crippen molar-refractivity contribution < 1.29 is 9.53 Å². The first kappa shape index (κ1) is 16.7. The first-order chi connectivity index (χ1) is 9.11. The van der Waals surface area contributed by atoms with Crippen LogP contribution in [0.25, 0.3) is 0 Å². The maximum atomic E-state index is 12.0. The number of ether oxygens (including phenoxy) is 1. The molecule has 110 valence electrons. The molecule has 1 amide bonds. The van der Waals surface area contributed by atoms with Gasteiger partial charge in [-0.1, -0.05) is 29.9 Å². The molecule has 1 unspecified atom stereocenters. The third-order valence-corrected chi connectivity index (χ3v) is 2.91. The maximum Gasteiger partial charge on any atom is 0.261 e. The van der Waals surface area contributed by atoms with Crippen LogP contribution in [-0.4, -0.2) is 22.5 Å². The van der Waals surface area contributed by atoms with Gasteiger partial charge >= 0.3 is 0 Å². The van der Waals surface area contributed by atoms with Gasteiger partial charge in [0.1, 0.15) is 10.7 Å². The highest BCUT2D eigenvalue weighted by Gasteiger charge is 2.22. The summed E-state index contributed by atoms with van der Waals surface area (Å²) in [5.74, 6) is 0.188. The third kappa shape index (κ3) is 4.65. The van der Waals surface area contributed by atoms with Crippen molar-refractivity contribution in [3.05, 3.63) is 28.8 Å². The number of nitrogens with one attached hydrogen (secondary N) is 1. The normalized spacial score (nSPS) is 12.7. The first-order valence-corrected chi connectivity index (χ1v) is 6.97. The summed E-state index contributed by atoms with van der Waals surface area (Å²) in [6.45, 7) is 7.36. The fourth-order valence-corrected chi connectivity index (χ4v) is 2.09. The second kappa shape index (κ2) is 6.41. The molecule has 0 aromatic heterocycles. The van der Waals surface area contributed by atoms with Crippen LogP contribution in [0.5, 0.6) is 5.75 Å². The van der Waals surface area contributed by atoms with E-state index in [0.717, 1.165) is 0 Å². The predicted molar refractivity (Wildman–Crippen MR) is 85.3 cm³/mol. The number of amides is 1. The van der Waals surface area contributed by atoms with Gasteiger partial charge in [0.25, 0.3) is 5.91 Å². The molecule has 4 nitrogen and oxygen atoms in total. The van der Waals surface area contributed by atoms with Crippen LogP contribution in [-0.2, 0) is 4.79 Å². The third-order valence-electron chi connectivity index (χ3n) is 2.39. The average Bonchev–Trinajstić information content (AvgIpc) is 2.25. The largest absolute Gasteiger partial charge is 0.480 e. The molecule has 3 N–H and O–H groups in total. The van der Waals surface area contributed by atoms with Gasteiger partial charge in [0.2, 0.25) is 0 Å². The van der Waals surface area contributed by atoms with Crippen LogP contribution in [0.2, 0.25) is 5.02 Å². The van der Waals surface area contributed by atoms with E-state index in [0.29, 0.717) is 16.3 Å². The number of hydrogen-bond donors (Lipinski definition) is 2. The van der Waals surface area contributed by atoms with Gasteiger partial charge < -0.3 is 15.8 Å². The van der Waals surface area contributed by atoms with Crippen LogP contribution in [0.3, 0.4) is 0 Å². The van der Waals surface area contributed by atoms with Crippen molar-refractivity contribution >= 4 is 34.7 Å². The Morgan fingerprint density at radius 1 is 1.45 bits per heavy atom. The van der Waals surface area contributed by atoms with E-state index in [9.17, 15) is 4.79 Å². The first-order valence-electron chi connectivity index (χ1n) is 6.19.